The molecule has 0 bridgehead atoms. The number of hydrogen-bond donors (Lipinski definition) is 1. The molecule has 1 heterocycles. The Bertz CT molecular complexity index is 261. The fourth-order valence-electron chi connectivity index (χ4n) is 2.44. The van der Waals surface area contributed by atoms with E-state index in [9.17, 15) is 4.79 Å². The van der Waals surface area contributed by atoms with Gasteiger partial charge in [0, 0.05) is 25.7 Å². The Morgan fingerprint density at radius 2 is 2.18 bits per heavy atom. The van der Waals surface area contributed by atoms with Crippen LogP contribution in [-0.2, 0) is 4.79 Å². The number of carbonyl (C=O) groups is 1. The smallest absolute Gasteiger partial charge is 0.230 e. The van der Waals surface area contributed by atoms with Crippen LogP contribution in [0.15, 0.2) is 0 Å². The summed E-state index contributed by atoms with van der Waals surface area (Å²) in [5.41, 5.74) is 5.39. The lowest BCUT2D eigenvalue weighted by molar-refractivity contribution is -0.142. The summed E-state index contributed by atoms with van der Waals surface area (Å²) >= 11 is 0. The molecule has 4 nitrogen and oxygen atoms in total. The maximum atomic E-state index is 12.5. The summed E-state index contributed by atoms with van der Waals surface area (Å²) in [5, 5.41) is 0. The molecular formula is C13H27N3O. The fraction of sp³-hybridized carbons (Fsp3) is 0.923. The summed E-state index contributed by atoms with van der Waals surface area (Å²) in [6.07, 6.45) is 3.05. The van der Waals surface area contributed by atoms with E-state index < -0.39 is 0 Å². The van der Waals surface area contributed by atoms with Gasteiger partial charge in [-0.05, 0) is 40.3 Å². The molecule has 1 aliphatic heterocycles. The van der Waals surface area contributed by atoms with Gasteiger partial charge in [-0.1, -0.05) is 6.92 Å². The SMILES string of the molecule is CCC(C)(CN)C(=O)N1CCCC1CN(C)C. The molecular weight excluding hydrogens is 214 g/mol. The van der Waals surface area contributed by atoms with Crippen LogP contribution in [-0.4, -0.2) is 55.5 Å². The van der Waals surface area contributed by atoms with E-state index in [1.54, 1.807) is 0 Å². The molecule has 4 heteroatoms. The summed E-state index contributed by atoms with van der Waals surface area (Å²) in [6, 6.07) is 0.370. The average molecular weight is 241 g/mol. The number of carbonyl (C=O) groups excluding carboxylic acids is 1. The molecule has 2 atom stereocenters. The van der Waals surface area contributed by atoms with Gasteiger partial charge in [0.25, 0.3) is 0 Å². The number of likely N-dealkylation sites (N-methyl/N-ethyl adjacent to an activating group) is 1. The summed E-state index contributed by atoms with van der Waals surface area (Å²) in [6.45, 7) is 6.32. The highest BCUT2D eigenvalue weighted by Gasteiger charge is 2.38. The van der Waals surface area contributed by atoms with Gasteiger partial charge in [0.15, 0.2) is 0 Å². The van der Waals surface area contributed by atoms with Crippen molar-refractivity contribution in [1.82, 2.24) is 9.80 Å². The summed E-state index contributed by atoms with van der Waals surface area (Å²) < 4.78 is 0. The highest BCUT2D eigenvalue weighted by molar-refractivity contribution is 5.83. The Morgan fingerprint density at radius 3 is 2.65 bits per heavy atom. The standard InChI is InChI=1S/C13H27N3O/c1-5-13(2,10-14)12(17)16-8-6-7-11(16)9-15(3)4/h11H,5-10,14H2,1-4H3. The first-order valence-electron chi connectivity index (χ1n) is 6.60. The highest BCUT2D eigenvalue weighted by atomic mass is 16.2. The van der Waals surface area contributed by atoms with E-state index in [1.165, 1.54) is 0 Å². The van der Waals surface area contributed by atoms with Crippen molar-refractivity contribution in [2.24, 2.45) is 11.1 Å². The molecule has 0 aliphatic carbocycles. The molecule has 1 saturated heterocycles. The molecule has 1 fully saturated rings. The maximum absolute atomic E-state index is 12.5. The first-order valence-corrected chi connectivity index (χ1v) is 6.60. The fourth-order valence-corrected chi connectivity index (χ4v) is 2.44. The van der Waals surface area contributed by atoms with Gasteiger partial charge in [0.2, 0.25) is 5.91 Å². The molecule has 1 rings (SSSR count). The summed E-state index contributed by atoms with van der Waals surface area (Å²) in [5.74, 6) is 0.242. The van der Waals surface area contributed by atoms with Crippen molar-refractivity contribution in [2.45, 2.75) is 39.2 Å². The van der Waals surface area contributed by atoms with Crippen molar-refractivity contribution < 1.29 is 4.79 Å². The molecule has 1 amide bonds. The molecule has 0 spiro atoms. The summed E-state index contributed by atoms with van der Waals surface area (Å²) in [4.78, 5) is 16.8. The largest absolute Gasteiger partial charge is 0.338 e. The highest BCUT2D eigenvalue weighted by Crippen LogP contribution is 2.28. The second-order valence-electron chi connectivity index (χ2n) is 5.68. The van der Waals surface area contributed by atoms with E-state index in [4.69, 9.17) is 5.73 Å². The van der Waals surface area contributed by atoms with Crippen LogP contribution < -0.4 is 5.73 Å². The Labute approximate surface area is 105 Å². The second-order valence-corrected chi connectivity index (χ2v) is 5.68. The molecule has 2 unspecified atom stereocenters. The monoisotopic (exact) mass is 241 g/mol. The molecule has 0 aromatic carbocycles. The molecule has 0 aromatic heterocycles. The molecule has 100 valence electrons. The van der Waals surface area contributed by atoms with E-state index in [2.05, 4.69) is 23.9 Å². The Hall–Kier alpha value is -0.610. The van der Waals surface area contributed by atoms with Crippen LogP contribution in [0.4, 0.5) is 0 Å². The van der Waals surface area contributed by atoms with Crippen LogP contribution in [0.1, 0.15) is 33.1 Å². The van der Waals surface area contributed by atoms with Crippen LogP contribution in [0.5, 0.6) is 0 Å². The van der Waals surface area contributed by atoms with Crippen molar-refractivity contribution >= 4 is 5.91 Å². The van der Waals surface area contributed by atoms with Gasteiger partial charge in [-0.15, -0.1) is 0 Å². The zero-order chi connectivity index (χ0) is 13.1. The minimum Gasteiger partial charge on any atom is -0.338 e. The lowest BCUT2D eigenvalue weighted by atomic mass is 9.86. The molecule has 1 aliphatic rings. The minimum atomic E-state index is -0.380. The molecule has 0 saturated carbocycles. The van der Waals surface area contributed by atoms with Crippen molar-refractivity contribution in [3.8, 4) is 0 Å². The Kier molecular flexibility index (Phi) is 4.95. The zero-order valence-corrected chi connectivity index (χ0v) is 11.7. The normalized spacial score (nSPS) is 24.1. The Balaban J connectivity index is 2.73. The van der Waals surface area contributed by atoms with Gasteiger partial charge < -0.3 is 15.5 Å². The third kappa shape index (κ3) is 3.19. The van der Waals surface area contributed by atoms with E-state index >= 15 is 0 Å². The number of hydrogen-bond acceptors (Lipinski definition) is 3. The van der Waals surface area contributed by atoms with Gasteiger partial charge >= 0.3 is 0 Å². The average Bonchev–Trinajstić information content (AvgIpc) is 2.74. The molecule has 0 radical (unpaired) electrons. The van der Waals surface area contributed by atoms with Crippen LogP contribution >= 0.6 is 0 Å². The number of rotatable bonds is 5. The lowest BCUT2D eigenvalue weighted by Crippen LogP contribution is -2.50. The predicted molar refractivity (Wildman–Crippen MR) is 70.7 cm³/mol. The quantitative estimate of drug-likeness (QED) is 0.778. The van der Waals surface area contributed by atoms with Crippen LogP contribution in [0.25, 0.3) is 0 Å². The van der Waals surface area contributed by atoms with Crippen molar-refractivity contribution in [3.05, 3.63) is 0 Å². The topological polar surface area (TPSA) is 49.6 Å². The number of nitrogens with two attached hydrogens (primary N) is 1. The molecule has 0 aromatic rings. The second kappa shape index (κ2) is 5.83. The van der Waals surface area contributed by atoms with Gasteiger partial charge in [0.05, 0.1) is 5.41 Å². The van der Waals surface area contributed by atoms with E-state index in [-0.39, 0.29) is 11.3 Å². The van der Waals surface area contributed by atoms with E-state index in [0.717, 1.165) is 32.4 Å². The summed E-state index contributed by atoms with van der Waals surface area (Å²) in [7, 11) is 4.12. The van der Waals surface area contributed by atoms with Crippen LogP contribution in [0, 0.1) is 5.41 Å². The van der Waals surface area contributed by atoms with E-state index in [0.29, 0.717) is 12.6 Å². The van der Waals surface area contributed by atoms with Crippen molar-refractivity contribution in [3.63, 3.8) is 0 Å². The maximum Gasteiger partial charge on any atom is 0.230 e. The van der Waals surface area contributed by atoms with Gasteiger partial charge in [0.1, 0.15) is 0 Å². The predicted octanol–water partition coefficient (Wildman–Crippen LogP) is 0.914. The number of nitrogens with zero attached hydrogens (tertiary/aromatic N) is 2. The van der Waals surface area contributed by atoms with Gasteiger partial charge in [-0.2, -0.15) is 0 Å². The van der Waals surface area contributed by atoms with Crippen molar-refractivity contribution in [1.29, 1.82) is 0 Å². The minimum absolute atomic E-state index is 0.242. The molecule has 17 heavy (non-hydrogen) atoms. The third-order valence-corrected chi connectivity index (χ3v) is 3.96. The first kappa shape index (κ1) is 14.5. The van der Waals surface area contributed by atoms with Crippen LogP contribution in [0.2, 0.25) is 0 Å². The van der Waals surface area contributed by atoms with Gasteiger partial charge in [-0.3, -0.25) is 4.79 Å². The van der Waals surface area contributed by atoms with E-state index in [1.807, 2.05) is 13.8 Å². The molecule has 2 N–H and O–H groups in total. The lowest BCUT2D eigenvalue weighted by Gasteiger charge is -2.35. The third-order valence-electron chi connectivity index (χ3n) is 3.96. The first-order chi connectivity index (χ1) is 7.94. The number of amides is 1. The van der Waals surface area contributed by atoms with Gasteiger partial charge in [-0.25, -0.2) is 0 Å². The Morgan fingerprint density at radius 1 is 1.53 bits per heavy atom. The van der Waals surface area contributed by atoms with Crippen LogP contribution in [0.3, 0.4) is 0 Å². The number of likely N-dealkylation sites (tertiary alicyclic amines) is 1. The van der Waals surface area contributed by atoms with Crippen molar-refractivity contribution in [2.75, 3.05) is 33.7 Å². The zero-order valence-electron chi connectivity index (χ0n) is 11.7.